The number of thioether (sulfide) groups is 1. The van der Waals surface area contributed by atoms with Gasteiger partial charge in [-0.3, -0.25) is 10.1 Å². The van der Waals surface area contributed by atoms with Crippen molar-refractivity contribution in [2.24, 2.45) is 0 Å². The minimum Gasteiger partial charge on any atom is -0.480 e. The maximum atomic E-state index is 12.8. The van der Waals surface area contributed by atoms with Crippen molar-refractivity contribution in [2.75, 3.05) is 23.6 Å². The van der Waals surface area contributed by atoms with Gasteiger partial charge in [-0.1, -0.05) is 48.5 Å². The number of carboxylic acid groups (broad SMARTS) is 1. The van der Waals surface area contributed by atoms with E-state index in [0.29, 0.717) is 5.75 Å². The molecule has 2 aromatic carbocycles. The van der Waals surface area contributed by atoms with E-state index in [4.69, 9.17) is 9.15 Å². The Morgan fingerprint density at radius 3 is 2.39 bits per heavy atom. The Balaban J connectivity index is 1.28. The number of fused-ring (bicyclic) bond motifs is 3. The Labute approximate surface area is 193 Å². The van der Waals surface area contributed by atoms with Gasteiger partial charge in [0.05, 0.1) is 17.8 Å². The highest BCUT2D eigenvalue weighted by atomic mass is 32.2. The van der Waals surface area contributed by atoms with Crippen LogP contribution in [0.3, 0.4) is 0 Å². The van der Waals surface area contributed by atoms with Crippen LogP contribution in [0.25, 0.3) is 11.1 Å². The van der Waals surface area contributed by atoms with Crippen molar-refractivity contribution in [3.63, 3.8) is 0 Å². The number of carbonyl (C=O) groups excluding carboxylic acids is 2. The Kier molecular flexibility index (Phi) is 5.55. The molecule has 1 aliphatic carbocycles. The van der Waals surface area contributed by atoms with Gasteiger partial charge in [0.1, 0.15) is 12.6 Å². The highest BCUT2D eigenvalue weighted by molar-refractivity contribution is 7.99. The van der Waals surface area contributed by atoms with E-state index in [1.54, 1.807) is 0 Å². The maximum absolute atomic E-state index is 12.8. The summed E-state index contributed by atoms with van der Waals surface area (Å²) in [6, 6.07) is 16.6. The van der Waals surface area contributed by atoms with E-state index >= 15 is 0 Å². The predicted octanol–water partition coefficient (Wildman–Crippen LogP) is 4.24. The van der Waals surface area contributed by atoms with E-state index in [1.165, 1.54) is 29.0 Å². The fraction of sp³-hybridized carbons (Fsp3) is 0.208. The number of amides is 2. The van der Waals surface area contributed by atoms with Gasteiger partial charge in [0.15, 0.2) is 0 Å². The molecule has 0 radical (unpaired) electrons. The minimum atomic E-state index is -1.08. The van der Waals surface area contributed by atoms with E-state index in [-0.39, 0.29) is 29.8 Å². The van der Waals surface area contributed by atoms with E-state index in [2.05, 4.69) is 17.4 Å². The van der Waals surface area contributed by atoms with E-state index < -0.39 is 24.0 Å². The third kappa shape index (κ3) is 3.84. The lowest BCUT2D eigenvalue weighted by Gasteiger charge is -2.19. The first-order valence-electron chi connectivity index (χ1n) is 10.4. The zero-order valence-corrected chi connectivity index (χ0v) is 18.2. The van der Waals surface area contributed by atoms with Crippen molar-refractivity contribution in [1.82, 2.24) is 4.90 Å². The molecule has 33 heavy (non-hydrogen) atoms. The normalized spacial score (nSPS) is 16.8. The number of nitrogens with one attached hydrogen (secondary N) is 1. The number of carboxylic acids is 1. The number of anilines is 1. The molecule has 0 spiro atoms. The van der Waals surface area contributed by atoms with Gasteiger partial charge in [-0.25, -0.2) is 9.59 Å². The van der Waals surface area contributed by atoms with Gasteiger partial charge in [0.25, 0.3) is 5.91 Å². The fourth-order valence-electron chi connectivity index (χ4n) is 4.30. The molecule has 8 nitrogen and oxygen atoms in total. The summed E-state index contributed by atoms with van der Waals surface area (Å²) in [5.41, 5.74) is 4.58. The molecule has 2 amide bonds. The van der Waals surface area contributed by atoms with Crippen LogP contribution in [0.2, 0.25) is 0 Å². The van der Waals surface area contributed by atoms with Gasteiger partial charge in [-0.2, -0.15) is 0 Å². The molecule has 0 unspecified atom stereocenters. The first-order chi connectivity index (χ1) is 16.0. The number of hydrogen-bond donors (Lipinski definition) is 2. The van der Waals surface area contributed by atoms with E-state index in [1.807, 2.05) is 36.4 Å². The zero-order chi connectivity index (χ0) is 22.9. The van der Waals surface area contributed by atoms with Gasteiger partial charge in [-0.15, -0.1) is 11.8 Å². The van der Waals surface area contributed by atoms with Crippen LogP contribution in [0.5, 0.6) is 0 Å². The predicted molar refractivity (Wildman–Crippen MR) is 122 cm³/mol. The monoisotopic (exact) mass is 464 g/mol. The second kappa shape index (κ2) is 8.67. The number of aliphatic carboxylic acids is 1. The highest BCUT2D eigenvalue weighted by Crippen LogP contribution is 2.44. The molecular formula is C24H20N2O6S. The minimum absolute atomic E-state index is 0.0912. The summed E-state index contributed by atoms with van der Waals surface area (Å²) in [7, 11) is 0. The molecule has 0 saturated carbocycles. The molecule has 1 fully saturated rings. The van der Waals surface area contributed by atoms with Gasteiger partial charge >= 0.3 is 12.1 Å². The van der Waals surface area contributed by atoms with Crippen LogP contribution in [0, 0.1) is 0 Å². The first kappa shape index (κ1) is 21.1. The topological polar surface area (TPSA) is 109 Å². The largest absolute Gasteiger partial charge is 0.480 e. The number of ether oxygens (including phenoxy) is 1. The van der Waals surface area contributed by atoms with Crippen molar-refractivity contribution in [3.05, 3.63) is 77.7 Å². The van der Waals surface area contributed by atoms with Crippen LogP contribution in [-0.2, 0) is 9.53 Å². The summed E-state index contributed by atoms with van der Waals surface area (Å²) < 4.78 is 10.8. The third-order valence-electron chi connectivity index (χ3n) is 5.87. The molecular weight excluding hydrogens is 444 g/mol. The van der Waals surface area contributed by atoms with Crippen molar-refractivity contribution in [2.45, 2.75) is 12.0 Å². The average Bonchev–Trinajstić information content (AvgIpc) is 3.55. The number of furan rings is 1. The molecule has 5 rings (SSSR count). The van der Waals surface area contributed by atoms with Gasteiger partial charge in [0.2, 0.25) is 5.76 Å². The van der Waals surface area contributed by atoms with E-state index in [0.717, 1.165) is 22.3 Å². The summed E-state index contributed by atoms with van der Waals surface area (Å²) >= 11 is 1.35. The standard InChI is InChI=1S/C24H20N2O6S/c27-22(26-13-33-12-20(26)23(28)29)21-19(9-10-31-21)25-24(30)32-11-18-16-7-3-1-5-14(16)15-6-2-4-8-17(15)18/h1-10,18,20H,11-13H2,(H,25,30)(H,28,29)/t20-/m0/s1. The lowest BCUT2D eigenvalue weighted by atomic mass is 9.98. The number of nitrogens with zero attached hydrogens (tertiary/aromatic N) is 1. The molecule has 1 aliphatic heterocycles. The molecule has 9 heteroatoms. The second-order valence-electron chi connectivity index (χ2n) is 7.74. The Morgan fingerprint density at radius 1 is 1.06 bits per heavy atom. The molecule has 2 aliphatic rings. The molecule has 2 N–H and O–H groups in total. The van der Waals surface area contributed by atoms with Gasteiger partial charge in [0, 0.05) is 17.7 Å². The van der Waals surface area contributed by atoms with Crippen LogP contribution < -0.4 is 5.32 Å². The number of hydrogen-bond acceptors (Lipinski definition) is 6. The van der Waals surface area contributed by atoms with Gasteiger partial charge in [-0.05, 0) is 22.3 Å². The number of carbonyl (C=O) groups is 3. The first-order valence-corrected chi connectivity index (χ1v) is 11.5. The molecule has 168 valence electrons. The summed E-state index contributed by atoms with van der Waals surface area (Å²) in [4.78, 5) is 38.0. The SMILES string of the molecule is O=C(Nc1ccoc1C(=O)N1CSC[C@H]1C(=O)O)OCC1c2ccccc2-c2ccccc21. The Hall–Kier alpha value is -3.72. The quantitative estimate of drug-likeness (QED) is 0.581. The summed E-state index contributed by atoms with van der Waals surface area (Å²) in [6.07, 6.45) is 0.545. The summed E-state index contributed by atoms with van der Waals surface area (Å²) in [5.74, 6) is -1.35. The Bertz CT molecular complexity index is 1190. The fourth-order valence-corrected chi connectivity index (χ4v) is 5.44. The van der Waals surface area contributed by atoms with Crippen LogP contribution >= 0.6 is 11.8 Å². The molecule has 3 aromatic rings. The molecule has 1 aromatic heterocycles. The third-order valence-corrected chi connectivity index (χ3v) is 6.88. The van der Waals surface area contributed by atoms with Crippen molar-refractivity contribution < 1.29 is 28.6 Å². The Morgan fingerprint density at radius 2 is 1.73 bits per heavy atom. The lowest BCUT2D eigenvalue weighted by Crippen LogP contribution is -2.41. The molecule has 0 bridgehead atoms. The van der Waals surface area contributed by atoms with Crippen molar-refractivity contribution in [3.8, 4) is 11.1 Å². The molecule has 2 heterocycles. The van der Waals surface area contributed by atoms with Crippen LogP contribution in [0.1, 0.15) is 27.6 Å². The molecule has 1 atom stereocenters. The van der Waals surface area contributed by atoms with Crippen molar-refractivity contribution >= 4 is 35.4 Å². The second-order valence-corrected chi connectivity index (χ2v) is 8.74. The summed E-state index contributed by atoms with van der Waals surface area (Å²) in [6.45, 7) is 0.130. The van der Waals surface area contributed by atoms with Crippen LogP contribution in [-0.4, -0.2) is 52.3 Å². The number of rotatable bonds is 5. The zero-order valence-electron chi connectivity index (χ0n) is 17.4. The summed E-state index contributed by atoms with van der Waals surface area (Å²) in [5, 5.41) is 11.9. The lowest BCUT2D eigenvalue weighted by molar-refractivity contribution is -0.140. The molecule has 1 saturated heterocycles. The average molecular weight is 464 g/mol. The van der Waals surface area contributed by atoms with Crippen molar-refractivity contribution in [1.29, 1.82) is 0 Å². The highest BCUT2D eigenvalue weighted by Gasteiger charge is 2.37. The van der Waals surface area contributed by atoms with Crippen LogP contribution in [0.4, 0.5) is 10.5 Å². The van der Waals surface area contributed by atoms with Crippen LogP contribution in [0.15, 0.2) is 65.3 Å². The van der Waals surface area contributed by atoms with E-state index in [9.17, 15) is 19.5 Å². The smallest absolute Gasteiger partial charge is 0.411 e. The van der Waals surface area contributed by atoms with Gasteiger partial charge < -0.3 is 19.2 Å². The number of benzene rings is 2. The maximum Gasteiger partial charge on any atom is 0.411 e.